The van der Waals surface area contributed by atoms with E-state index in [0.717, 1.165) is 57.2 Å². The van der Waals surface area contributed by atoms with E-state index in [0.29, 0.717) is 0 Å². The summed E-state index contributed by atoms with van der Waals surface area (Å²) in [6.07, 6.45) is 9.35. The van der Waals surface area contributed by atoms with Gasteiger partial charge in [0.25, 0.3) is 0 Å². The summed E-state index contributed by atoms with van der Waals surface area (Å²) in [5.41, 5.74) is 0. The highest BCUT2D eigenvalue weighted by molar-refractivity contribution is 8.01. The molecule has 0 atom stereocenters. The third-order valence-electron chi connectivity index (χ3n) is 5.81. The molecule has 1 saturated carbocycles. The maximum atomic E-state index is 4.90. The average molecular weight is 427 g/mol. The van der Waals surface area contributed by atoms with Gasteiger partial charge >= 0.3 is 0 Å². The van der Waals surface area contributed by atoms with Gasteiger partial charge in [0, 0.05) is 42.1 Å². The molecule has 2 aliphatic rings. The molecule has 0 spiro atoms. The van der Waals surface area contributed by atoms with Crippen molar-refractivity contribution in [3.8, 4) is 0 Å². The van der Waals surface area contributed by atoms with Crippen LogP contribution in [-0.4, -0.2) is 45.1 Å². The molecule has 30 heavy (non-hydrogen) atoms. The molecule has 0 bridgehead atoms. The Balaban J connectivity index is 1.25. The standard InChI is InChI=1S/C23H34N6S/c1-2-24-22(26-18-23(14-15-23)30-19-10-5-3-6-11-19)25-16-9-13-21-28-27-20-12-7-4-8-17-29(20)21/h3,5-6,10-11H,2,4,7-9,12-18H2,1H3,(H2,24,25,26). The van der Waals surface area contributed by atoms with Gasteiger partial charge in [0.2, 0.25) is 0 Å². The van der Waals surface area contributed by atoms with E-state index < -0.39 is 0 Å². The molecule has 0 saturated heterocycles. The van der Waals surface area contributed by atoms with Crippen LogP contribution in [0.5, 0.6) is 0 Å². The summed E-state index contributed by atoms with van der Waals surface area (Å²) >= 11 is 1.98. The summed E-state index contributed by atoms with van der Waals surface area (Å²) in [5.74, 6) is 3.25. The molecular formula is C23H34N6S. The van der Waals surface area contributed by atoms with Crippen molar-refractivity contribution >= 4 is 17.7 Å². The monoisotopic (exact) mass is 426 g/mol. The first kappa shape index (κ1) is 21.2. The van der Waals surface area contributed by atoms with Crippen LogP contribution in [0.1, 0.15) is 57.1 Å². The topological polar surface area (TPSA) is 67.1 Å². The zero-order chi connectivity index (χ0) is 20.7. The highest BCUT2D eigenvalue weighted by Gasteiger charge is 2.43. The largest absolute Gasteiger partial charge is 0.357 e. The first-order valence-electron chi connectivity index (χ1n) is 11.5. The van der Waals surface area contributed by atoms with Gasteiger partial charge in [-0.15, -0.1) is 22.0 Å². The molecule has 1 fully saturated rings. The summed E-state index contributed by atoms with van der Waals surface area (Å²) < 4.78 is 2.63. The number of rotatable bonds is 9. The fourth-order valence-corrected chi connectivity index (χ4v) is 5.15. The van der Waals surface area contributed by atoms with Crippen molar-refractivity contribution in [1.82, 2.24) is 25.4 Å². The van der Waals surface area contributed by atoms with Crippen LogP contribution < -0.4 is 10.6 Å². The Kier molecular flexibility index (Phi) is 7.31. The van der Waals surface area contributed by atoms with E-state index in [-0.39, 0.29) is 4.75 Å². The van der Waals surface area contributed by atoms with E-state index in [1.165, 1.54) is 42.8 Å². The Morgan fingerprint density at radius 3 is 2.80 bits per heavy atom. The Bertz CT molecular complexity index is 827. The van der Waals surface area contributed by atoms with Crippen LogP contribution in [0.25, 0.3) is 0 Å². The van der Waals surface area contributed by atoms with Gasteiger partial charge in [-0.3, -0.25) is 4.99 Å². The second-order valence-corrected chi connectivity index (χ2v) is 9.86. The molecule has 2 N–H and O–H groups in total. The fourth-order valence-electron chi connectivity index (χ4n) is 3.92. The fraction of sp³-hybridized carbons (Fsp3) is 0.609. The van der Waals surface area contributed by atoms with Gasteiger partial charge in [0.15, 0.2) is 5.96 Å². The molecule has 6 nitrogen and oxygen atoms in total. The number of fused-ring (bicyclic) bond motifs is 1. The zero-order valence-electron chi connectivity index (χ0n) is 18.1. The summed E-state index contributed by atoms with van der Waals surface area (Å²) in [7, 11) is 0. The number of nitrogens with zero attached hydrogens (tertiary/aromatic N) is 4. The highest BCUT2D eigenvalue weighted by Crippen LogP contribution is 2.51. The number of aryl methyl sites for hydroxylation is 2. The number of nitrogens with one attached hydrogen (secondary N) is 2. The molecule has 4 rings (SSSR count). The molecule has 1 aromatic carbocycles. The minimum absolute atomic E-state index is 0.281. The number of aromatic nitrogens is 3. The van der Waals surface area contributed by atoms with Crippen LogP contribution in [0.2, 0.25) is 0 Å². The zero-order valence-corrected chi connectivity index (χ0v) is 18.9. The summed E-state index contributed by atoms with van der Waals surface area (Å²) in [6, 6.07) is 10.7. The van der Waals surface area contributed by atoms with Crippen LogP contribution in [0, 0.1) is 0 Å². The molecule has 0 radical (unpaired) electrons. The average Bonchev–Trinajstić information content (AvgIpc) is 3.48. The Hall–Kier alpha value is -2.02. The first-order chi connectivity index (χ1) is 14.8. The molecular weight excluding hydrogens is 392 g/mol. The molecule has 7 heteroatoms. The minimum Gasteiger partial charge on any atom is -0.357 e. The van der Waals surface area contributed by atoms with Gasteiger partial charge in [-0.05, 0) is 51.2 Å². The van der Waals surface area contributed by atoms with Crippen molar-refractivity contribution in [3.63, 3.8) is 0 Å². The molecule has 1 aromatic heterocycles. The molecule has 162 valence electrons. The summed E-state index contributed by atoms with van der Waals surface area (Å²) in [6.45, 7) is 5.83. The molecule has 1 aliphatic heterocycles. The van der Waals surface area contributed by atoms with E-state index in [4.69, 9.17) is 4.99 Å². The number of hydrogen-bond donors (Lipinski definition) is 2. The van der Waals surface area contributed by atoms with E-state index >= 15 is 0 Å². The van der Waals surface area contributed by atoms with E-state index in [1.54, 1.807) is 0 Å². The normalized spacial score (nSPS) is 17.8. The molecule has 2 heterocycles. The van der Waals surface area contributed by atoms with Crippen LogP contribution in [0.3, 0.4) is 0 Å². The van der Waals surface area contributed by atoms with E-state index in [2.05, 4.69) is 62.7 Å². The maximum Gasteiger partial charge on any atom is 0.191 e. The first-order valence-corrected chi connectivity index (χ1v) is 12.3. The predicted molar refractivity (Wildman–Crippen MR) is 124 cm³/mol. The van der Waals surface area contributed by atoms with Crippen molar-refractivity contribution in [2.45, 2.75) is 74.5 Å². The number of guanidine groups is 1. The lowest BCUT2D eigenvalue weighted by Gasteiger charge is -2.15. The van der Waals surface area contributed by atoms with E-state index in [9.17, 15) is 0 Å². The van der Waals surface area contributed by atoms with Gasteiger partial charge in [-0.1, -0.05) is 24.6 Å². The van der Waals surface area contributed by atoms with Crippen LogP contribution >= 0.6 is 11.8 Å². The van der Waals surface area contributed by atoms with E-state index in [1.807, 2.05) is 11.8 Å². The van der Waals surface area contributed by atoms with Crippen LogP contribution in [0.4, 0.5) is 0 Å². The summed E-state index contributed by atoms with van der Waals surface area (Å²) in [5, 5.41) is 15.8. The third-order valence-corrected chi connectivity index (χ3v) is 7.29. The third kappa shape index (κ3) is 5.78. The Labute approximate surface area is 184 Å². The van der Waals surface area contributed by atoms with Gasteiger partial charge in [-0.2, -0.15) is 0 Å². The number of aliphatic imine (C=N–C) groups is 1. The molecule has 2 aromatic rings. The number of thioether (sulfide) groups is 1. The lowest BCUT2D eigenvalue weighted by Crippen LogP contribution is -2.38. The lowest BCUT2D eigenvalue weighted by atomic mass is 10.2. The number of hydrogen-bond acceptors (Lipinski definition) is 4. The van der Waals surface area contributed by atoms with Gasteiger partial charge in [-0.25, -0.2) is 0 Å². The smallest absolute Gasteiger partial charge is 0.191 e. The lowest BCUT2D eigenvalue weighted by molar-refractivity contribution is 0.594. The van der Waals surface area contributed by atoms with Gasteiger partial charge < -0.3 is 15.2 Å². The minimum atomic E-state index is 0.281. The van der Waals surface area contributed by atoms with Crippen molar-refractivity contribution in [1.29, 1.82) is 0 Å². The molecule has 0 unspecified atom stereocenters. The second kappa shape index (κ2) is 10.3. The second-order valence-electron chi connectivity index (χ2n) is 8.32. The quantitative estimate of drug-likeness (QED) is 0.362. The van der Waals surface area contributed by atoms with Gasteiger partial charge in [0.05, 0.1) is 6.54 Å². The van der Waals surface area contributed by atoms with Crippen molar-refractivity contribution in [3.05, 3.63) is 42.0 Å². The van der Waals surface area contributed by atoms with Crippen LogP contribution in [-0.2, 0) is 19.4 Å². The van der Waals surface area contributed by atoms with Crippen molar-refractivity contribution < 1.29 is 0 Å². The van der Waals surface area contributed by atoms with Crippen molar-refractivity contribution in [2.24, 2.45) is 4.99 Å². The molecule has 1 aliphatic carbocycles. The Morgan fingerprint density at radius 1 is 1.13 bits per heavy atom. The van der Waals surface area contributed by atoms with Crippen molar-refractivity contribution in [2.75, 3.05) is 19.6 Å². The maximum absolute atomic E-state index is 4.90. The highest BCUT2D eigenvalue weighted by atomic mass is 32.2. The molecule has 0 amide bonds. The van der Waals surface area contributed by atoms with Gasteiger partial charge in [0.1, 0.15) is 11.6 Å². The SMILES string of the molecule is CCNC(=NCC1(Sc2ccccc2)CC1)NCCCc1nnc2n1CCCCC2. The van der Waals surface area contributed by atoms with Crippen LogP contribution in [0.15, 0.2) is 40.2 Å². The Morgan fingerprint density at radius 2 is 2.00 bits per heavy atom. The summed E-state index contributed by atoms with van der Waals surface area (Å²) in [4.78, 5) is 6.24. The predicted octanol–water partition coefficient (Wildman–Crippen LogP) is 3.82. The number of benzene rings is 1.